The van der Waals surface area contributed by atoms with E-state index in [1.165, 1.54) is 0 Å². The number of aryl methyl sites for hydroxylation is 1. The minimum atomic E-state index is -0.192. The molecule has 2 rings (SSSR count). The van der Waals surface area contributed by atoms with Gasteiger partial charge >= 0.3 is 0 Å². The molecule has 0 aliphatic rings. The minimum absolute atomic E-state index is 0.0567. The summed E-state index contributed by atoms with van der Waals surface area (Å²) < 4.78 is 1.71. The monoisotopic (exact) mass is 287 g/mol. The van der Waals surface area contributed by atoms with Crippen molar-refractivity contribution in [1.82, 2.24) is 25.5 Å². The summed E-state index contributed by atoms with van der Waals surface area (Å²) in [5, 5.41) is 14.7. The van der Waals surface area contributed by atoms with Crippen molar-refractivity contribution in [3.05, 3.63) is 36.2 Å². The fourth-order valence-electron chi connectivity index (χ4n) is 2.02. The van der Waals surface area contributed by atoms with Crippen molar-refractivity contribution in [2.45, 2.75) is 45.6 Å². The first-order valence-corrected chi connectivity index (χ1v) is 7.09. The number of nitrogens with zero attached hydrogens (tertiary/aromatic N) is 4. The fourth-order valence-corrected chi connectivity index (χ4v) is 2.02. The number of aromatic nitrogens is 4. The highest BCUT2D eigenvalue weighted by molar-refractivity contribution is 5.76. The van der Waals surface area contributed by atoms with E-state index in [2.05, 4.69) is 20.8 Å². The van der Waals surface area contributed by atoms with Gasteiger partial charge in [0.2, 0.25) is 5.91 Å². The number of benzene rings is 1. The zero-order valence-electron chi connectivity index (χ0n) is 12.7. The van der Waals surface area contributed by atoms with Crippen molar-refractivity contribution < 1.29 is 4.79 Å². The van der Waals surface area contributed by atoms with Crippen LogP contribution in [0.15, 0.2) is 30.3 Å². The Morgan fingerprint density at radius 2 is 1.95 bits per heavy atom. The summed E-state index contributed by atoms with van der Waals surface area (Å²) in [6.07, 6.45) is 1.85. The zero-order chi connectivity index (χ0) is 15.3. The molecule has 1 aromatic heterocycles. The maximum atomic E-state index is 11.8. The van der Waals surface area contributed by atoms with E-state index in [0.29, 0.717) is 12.8 Å². The molecule has 0 aliphatic heterocycles. The normalized spacial score (nSPS) is 11.4. The van der Waals surface area contributed by atoms with E-state index in [1.807, 2.05) is 51.1 Å². The maximum Gasteiger partial charge on any atom is 0.220 e. The van der Waals surface area contributed by atoms with E-state index in [-0.39, 0.29) is 11.4 Å². The Hall–Kier alpha value is -2.24. The lowest BCUT2D eigenvalue weighted by Crippen LogP contribution is -2.40. The largest absolute Gasteiger partial charge is 0.352 e. The molecule has 1 heterocycles. The lowest BCUT2D eigenvalue weighted by atomic mass is 10.1. The lowest BCUT2D eigenvalue weighted by molar-refractivity contribution is -0.122. The minimum Gasteiger partial charge on any atom is -0.352 e. The second-order valence-electron chi connectivity index (χ2n) is 5.99. The van der Waals surface area contributed by atoms with Crippen LogP contribution in [0.25, 0.3) is 5.69 Å². The standard InChI is InChI=1S/C15H21N5O/c1-15(2,3)16-14(21)11-7-10-13-17-18-19-20(13)12-8-5-4-6-9-12/h4-6,8-9H,7,10-11H2,1-3H3,(H,16,21). The van der Waals surface area contributed by atoms with Crippen LogP contribution >= 0.6 is 0 Å². The number of nitrogens with one attached hydrogen (secondary N) is 1. The molecule has 0 saturated heterocycles. The first kappa shape index (κ1) is 15.2. The van der Waals surface area contributed by atoms with Crippen LogP contribution in [0.3, 0.4) is 0 Å². The Balaban J connectivity index is 1.91. The average molecular weight is 287 g/mol. The molecule has 2 aromatic rings. The summed E-state index contributed by atoms with van der Waals surface area (Å²) in [5.41, 5.74) is 0.736. The first-order chi connectivity index (χ1) is 9.96. The van der Waals surface area contributed by atoms with Gasteiger partial charge in [-0.05, 0) is 49.8 Å². The second-order valence-corrected chi connectivity index (χ2v) is 5.99. The number of hydrogen-bond donors (Lipinski definition) is 1. The molecule has 0 radical (unpaired) electrons. The van der Waals surface area contributed by atoms with Crippen molar-refractivity contribution in [2.75, 3.05) is 0 Å². The number of amides is 1. The quantitative estimate of drug-likeness (QED) is 0.911. The Labute approximate surface area is 124 Å². The maximum absolute atomic E-state index is 11.8. The zero-order valence-corrected chi connectivity index (χ0v) is 12.7. The van der Waals surface area contributed by atoms with Gasteiger partial charge in [0, 0.05) is 18.4 Å². The number of para-hydroxylation sites is 1. The van der Waals surface area contributed by atoms with Crippen molar-refractivity contribution in [3.63, 3.8) is 0 Å². The molecular formula is C15H21N5O. The molecule has 21 heavy (non-hydrogen) atoms. The van der Waals surface area contributed by atoms with Crippen molar-refractivity contribution in [3.8, 4) is 5.69 Å². The first-order valence-electron chi connectivity index (χ1n) is 7.09. The van der Waals surface area contributed by atoms with Crippen LogP contribution in [0.4, 0.5) is 0 Å². The highest BCUT2D eigenvalue weighted by Gasteiger charge is 2.14. The van der Waals surface area contributed by atoms with Crippen LogP contribution < -0.4 is 5.32 Å². The molecule has 1 N–H and O–H groups in total. The van der Waals surface area contributed by atoms with Gasteiger partial charge in [-0.1, -0.05) is 18.2 Å². The number of rotatable bonds is 5. The van der Waals surface area contributed by atoms with Crippen molar-refractivity contribution in [2.24, 2.45) is 0 Å². The predicted molar refractivity (Wildman–Crippen MR) is 80.0 cm³/mol. The molecule has 1 aromatic carbocycles. The summed E-state index contributed by atoms with van der Waals surface area (Å²) in [6, 6.07) is 9.73. The summed E-state index contributed by atoms with van der Waals surface area (Å²) in [7, 11) is 0. The van der Waals surface area contributed by atoms with Gasteiger partial charge in [-0.25, -0.2) is 0 Å². The lowest BCUT2D eigenvalue weighted by Gasteiger charge is -2.20. The molecule has 112 valence electrons. The van der Waals surface area contributed by atoms with Gasteiger partial charge in [-0.3, -0.25) is 4.79 Å². The second kappa shape index (κ2) is 6.47. The molecule has 6 nitrogen and oxygen atoms in total. The van der Waals surface area contributed by atoms with Crippen LogP contribution in [-0.2, 0) is 11.2 Å². The SMILES string of the molecule is CC(C)(C)NC(=O)CCCc1nnnn1-c1ccccc1. The summed E-state index contributed by atoms with van der Waals surface area (Å²) >= 11 is 0. The van der Waals surface area contributed by atoms with Gasteiger partial charge < -0.3 is 5.32 Å². The average Bonchev–Trinajstić information content (AvgIpc) is 2.86. The molecule has 0 spiro atoms. The van der Waals surface area contributed by atoms with Crippen molar-refractivity contribution in [1.29, 1.82) is 0 Å². The highest BCUT2D eigenvalue weighted by atomic mass is 16.1. The molecule has 1 amide bonds. The molecule has 0 unspecified atom stereocenters. The molecule has 0 bridgehead atoms. The molecule has 0 fully saturated rings. The van der Waals surface area contributed by atoms with Crippen LogP contribution in [0.5, 0.6) is 0 Å². The van der Waals surface area contributed by atoms with Crippen LogP contribution in [-0.4, -0.2) is 31.7 Å². The Kier molecular flexibility index (Phi) is 4.67. The van der Waals surface area contributed by atoms with Gasteiger partial charge in [-0.2, -0.15) is 4.68 Å². The number of hydrogen-bond acceptors (Lipinski definition) is 4. The van der Waals surface area contributed by atoms with Gasteiger partial charge in [0.05, 0.1) is 5.69 Å². The van der Waals surface area contributed by atoms with E-state index >= 15 is 0 Å². The van der Waals surface area contributed by atoms with E-state index in [1.54, 1.807) is 4.68 Å². The molecule has 0 aliphatic carbocycles. The predicted octanol–water partition coefficient (Wildman–Crippen LogP) is 1.90. The Morgan fingerprint density at radius 1 is 1.24 bits per heavy atom. The Morgan fingerprint density at radius 3 is 2.62 bits per heavy atom. The third kappa shape index (κ3) is 4.66. The van der Waals surface area contributed by atoms with Gasteiger partial charge in [0.15, 0.2) is 5.82 Å². The number of carbonyl (C=O) groups is 1. The molecule has 6 heteroatoms. The summed E-state index contributed by atoms with van der Waals surface area (Å²) in [6.45, 7) is 5.92. The van der Waals surface area contributed by atoms with E-state index in [9.17, 15) is 4.79 Å². The van der Waals surface area contributed by atoms with E-state index in [0.717, 1.165) is 17.9 Å². The fraction of sp³-hybridized carbons (Fsp3) is 0.467. The Bertz CT molecular complexity index is 586. The summed E-state index contributed by atoms with van der Waals surface area (Å²) in [5.74, 6) is 0.825. The van der Waals surface area contributed by atoms with E-state index < -0.39 is 0 Å². The number of tetrazole rings is 1. The molecule has 0 saturated carbocycles. The van der Waals surface area contributed by atoms with E-state index in [4.69, 9.17) is 0 Å². The van der Waals surface area contributed by atoms with Gasteiger partial charge in [0.1, 0.15) is 0 Å². The highest BCUT2D eigenvalue weighted by Crippen LogP contribution is 2.09. The van der Waals surface area contributed by atoms with Gasteiger partial charge in [0.25, 0.3) is 0 Å². The summed E-state index contributed by atoms with van der Waals surface area (Å²) in [4.78, 5) is 11.8. The topological polar surface area (TPSA) is 72.7 Å². The van der Waals surface area contributed by atoms with Crippen LogP contribution in [0.2, 0.25) is 0 Å². The third-order valence-corrected chi connectivity index (χ3v) is 2.85. The number of carbonyl (C=O) groups excluding carboxylic acids is 1. The van der Waals surface area contributed by atoms with Crippen LogP contribution in [0, 0.1) is 0 Å². The van der Waals surface area contributed by atoms with Crippen LogP contribution in [0.1, 0.15) is 39.4 Å². The molecule has 0 atom stereocenters. The third-order valence-electron chi connectivity index (χ3n) is 2.85. The van der Waals surface area contributed by atoms with Crippen molar-refractivity contribution >= 4 is 5.91 Å². The van der Waals surface area contributed by atoms with Gasteiger partial charge in [-0.15, -0.1) is 5.10 Å². The molecular weight excluding hydrogens is 266 g/mol. The smallest absolute Gasteiger partial charge is 0.220 e.